The van der Waals surface area contributed by atoms with Crippen LogP contribution in [0.4, 0.5) is 5.82 Å². The second kappa shape index (κ2) is 5.10. The molecule has 1 atom stereocenters. The predicted octanol–water partition coefficient (Wildman–Crippen LogP) is 1.98. The van der Waals surface area contributed by atoms with E-state index in [0.29, 0.717) is 12.5 Å². The molecule has 1 unspecified atom stereocenters. The summed E-state index contributed by atoms with van der Waals surface area (Å²) >= 11 is 0. The van der Waals surface area contributed by atoms with Gasteiger partial charge in [0.1, 0.15) is 17.7 Å². The third kappa shape index (κ3) is 3.10. The van der Waals surface area contributed by atoms with Gasteiger partial charge < -0.3 is 14.8 Å². The van der Waals surface area contributed by atoms with E-state index < -0.39 is 0 Å². The van der Waals surface area contributed by atoms with Gasteiger partial charge in [0.15, 0.2) is 0 Å². The van der Waals surface area contributed by atoms with Crippen LogP contribution in [0.5, 0.6) is 5.88 Å². The molecule has 5 nitrogen and oxygen atoms in total. The third-order valence-electron chi connectivity index (χ3n) is 2.80. The second-order valence-corrected chi connectivity index (χ2v) is 5.52. The molecule has 2 heterocycles. The maximum absolute atomic E-state index is 5.84. The highest BCUT2D eigenvalue weighted by atomic mass is 16.5. The number of hydrogen-bond acceptors (Lipinski definition) is 5. The lowest BCUT2D eigenvalue weighted by Gasteiger charge is -2.19. The molecule has 1 aliphatic rings. The first kappa shape index (κ1) is 13.1. The summed E-state index contributed by atoms with van der Waals surface area (Å²) in [6.45, 7) is 7.67. The van der Waals surface area contributed by atoms with Crippen molar-refractivity contribution in [3.05, 3.63) is 11.9 Å². The lowest BCUT2D eigenvalue weighted by molar-refractivity contribution is 0.137. The molecule has 1 saturated heterocycles. The van der Waals surface area contributed by atoms with E-state index in [4.69, 9.17) is 9.47 Å². The Kier molecular flexibility index (Phi) is 3.71. The predicted molar refractivity (Wildman–Crippen MR) is 70.1 cm³/mol. The Labute approximate surface area is 108 Å². The van der Waals surface area contributed by atoms with E-state index in [1.165, 1.54) is 0 Å². The van der Waals surface area contributed by atoms with Crippen molar-refractivity contribution >= 4 is 5.82 Å². The normalized spacial score (nSPS) is 19.9. The maximum atomic E-state index is 5.84. The van der Waals surface area contributed by atoms with Crippen LogP contribution in [-0.2, 0) is 10.2 Å². The van der Waals surface area contributed by atoms with Gasteiger partial charge >= 0.3 is 0 Å². The summed E-state index contributed by atoms with van der Waals surface area (Å²) in [6, 6.07) is 1.83. The fraction of sp³-hybridized carbons (Fsp3) is 0.692. The van der Waals surface area contributed by atoms with Gasteiger partial charge in [-0.25, -0.2) is 4.98 Å². The number of nitrogens with one attached hydrogen (secondary N) is 1. The van der Waals surface area contributed by atoms with Crippen LogP contribution >= 0.6 is 0 Å². The number of nitrogens with zero attached hydrogens (tertiary/aromatic N) is 2. The molecule has 0 bridgehead atoms. The number of aromatic nitrogens is 2. The lowest BCUT2D eigenvalue weighted by atomic mass is 9.96. The Hall–Kier alpha value is -1.36. The first-order valence-corrected chi connectivity index (χ1v) is 6.31. The fourth-order valence-electron chi connectivity index (χ4n) is 1.73. The van der Waals surface area contributed by atoms with Crippen molar-refractivity contribution in [2.24, 2.45) is 0 Å². The van der Waals surface area contributed by atoms with Gasteiger partial charge in [0, 0.05) is 24.9 Å². The lowest BCUT2D eigenvalue weighted by Crippen LogP contribution is -2.20. The molecule has 18 heavy (non-hydrogen) atoms. The zero-order valence-corrected chi connectivity index (χ0v) is 11.5. The molecule has 2 rings (SSSR count). The first-order valence-electron chi connectivity index (χ1n) is 6.31. The molecule has 1 fully saturated rings. The summed E-state index contributed by atoms with van der Waals surface area (Å²) in [6.07, 6.45) is 1.03. The van der Waals surface area contributed by atoms with Crippen LogP contribution in [0.1, 0.15) is 33.0 Å². The molecule has 1 aromatic heterocycles. The van der Waals surface area contributed by atoms with Crippen molar-refractivity contribution in [1.29, 1.82) is 0 Å². The van der Waals surface area contributed by atoms with Crippen molar-refractivity contribution in [3.8, 4) is 5.88 Å². The Morgan fingerprint density at radius 3 is 2.72 bits per heavy atom. The van der Waals surface area contributed by atoms with Crippen molar-refractivity contribution in [2.75, 3.05) is 25.6 Å². The highest BCUT2D eigenvalue weighted by molar-refractivity contribution is 5.38. The summed E-state index contributed by atoms with van der Waals surface area (Å²) in [4.78, 5) is 8.95. The second-order valence-electron chi connectivity index (χ2n) is 5.52. The van der Waals surface area contributed by atoms with Crippen molar-refractivity contribution in [1.82, 2.24) is 9.97 Å². The molecule has 0 saturated carbocycles. The molecule has 1 N–H and O–H groups in total. The Morgan fingerprint density at radius 2 is 2.17 bits per heavy atom. The van der Waals surface area contributed by atoms with Crippen LogP contribution in [0.15, 0.2) is 6.07 Å². The van der Waals surface area contributed by atoms with Crippen LogP contribution in [0.3, 0.4) is 0 Å². The minimum absolute atomic E-state index is 0.100. The zero-order chi connectivity index (χ0) is 13.2. The van der Waals surface area contributed by atoms with Crippen LogP contribution in [-0.4, -0.2) is 36.3 Å². The summed E-state index contributed by atoms with van der Waals surface area (Å²) in [5, 5.41) is 3.04. The minimum Gasteiger partial charge on any atom is -0.472 e. The average Bonchev–Trinajstić information content (AvgIpc) is 2.80. The topological polar surface area (TPSA) is 56.3 Å². The van der Waals surface area contributed by atoms with Gasteiger partial charge in [-0.15, -0.1) is 0 Å². The standard InChI is InChI=1S/C13H21N3O2/c1-13(2,3)12-15-10(14-4)7-11(16-12)18-9-5-6-17-8-9/h7,9H,5-6,8H2,1-4H3,(H,14,15,16). The molecule has 100 valence electrons. The van der Waals surface area contributed by atoms with Crippen LogP contribution in [0.25, 0.3) is 0 Å². The van der Waals surface area contributed by atoms with Gasteiger partial charge in [-0.3, -0.25) is 0 Å². The number of anilines is 1. The van der Waals surface area contributed by atoms with Gasteiger partial charge in [-0.05, 0) is 0 Å². The third-order valence-corrected chi connectivity index (χ3v) is 2.80. The van der Waals surface area contributed by atoms with E-state index in [1.807, 2.05) is 13.1 Å². The average molecular weight is 251 g/mol. The van der Waals surface area contributed by atoms with Crippen LogP contribution < -0.4 is 10.1 Å². The van der Waals surface area contributed by atoms with Gasteiger partial charge in [0.2, 0.25) is 5.88 Å². The van der Waals surface area contributed by atoms with E-state index >= 15 is 0 Å². The fourth-order valence-corrected chi connectivity index (χ4v) is 1.73. The summed E-state index contributed by atoms with van der Waals surface area (Å²) in [5.74, 6) is 2.18. The minimum atomic E-state index is -0.100. The first-order chi connectivity index (χ1) is 8.49. The van der Waals surface area contributed by atoms with Crippen molar-refractivity contribution < 1.29 is 9.47 Å². The van der Waals surface area contributed by atoms with Crippen LogP contribution in [0.2, 0.25) is 0 Å². The molecule has 0 aromatic carbocycles. The molecule has 0 radical (unpaired) electrons. The summed E-state index contributed by atoms with van der Waals surface area (Å²) < 4.78 is 11.1. The van der Waals surface area contributed by atoms with Crippen molar-refractivity contribution in [3.63, 3.8) is 0 Å². The largest absolute Gasteiger partial charge is 0.472 e. The molecule has 0 spiro atoms. The van der Waals surface area contributed by atoms with E-state index in [1.54, 1.807) is 0 Å². The Morgan fingerprint density at radius 1 is 1.39 bits per heavy atom. The summed E-state index contributed by atoms with van der Waals surface area (Å²) in [7, 11) is 1.84. The molecule has 0 amide bonds. The monoisotopic (exact) mass is 251 g/mol. The van der Waals surface area contributed by atoms with Crippen LogP contribution in [0, 0.1) is 0 Å². The molecular weight excluding hydrogens is 230 g/mol. The quantitative estimate of drug-likeness (QED) is 0.890. The molecular formula is C13H21N3O2. The molecule has 0 aliphatic carbocycles. The van der Waals surface area contributed by atoms with E-state index in [9.17, 15) is 0 Å². The number of hydrogen-bond donors (Lipinski definition) is 1. The van der Waals surface area contributed by atoms with E-state index in [2.05, 4.69) is 36.1 Å². The molecule has 5 heteroatoms. The maximum Gasteiger partial charge on any atom is 0.219 e. The Bertz CT molecular complexity index is 409. The number of rotatable bonds is 3. The van der Waals surface area contributed by atoms with E-state index in [-0.39, 0.29) is 11.5 Å². The van der Waals surface area contributed by atoms with Gasteiger partial charge in [0.25, 0.3) is 0 Å². The van der Waals surface area contributed by atoms with Gasteiger partial charge in [-0.2, -0.15) is 4.98 Å². The zero-order valence-electron chi connectivity index (χ0n) is 11.5. The Balaban J connectivity index is 2.23. The highest BCUT2D eigenvalue weighted by Crippen LogP contribution is 2.24. The highest BCUT2D eigenvalue weighted by Gasteiger charge is 2.22. The van der Waals surface area contributed by atoms with Gasteiger partial charge in [0.05, 0.1) is 13.2 Å². The SMILES string of the molecule is CNc1cc(OC2CCOC2)nc(C(C)(C)C)n1. The number of ether oxygens (including phenoxy) is 2. The van der Waals surface area contributed by atoms with E-state index in [0.717, 1.165) is 24.7 Å². The van der Waals surface area contributed by atoms with Crippen molar-refractivity contribution in [2.45, 2.75) is 38.7 Å². The summed E-state index contributed by atoms with van der Waals surface area (Å²) in [5.41, 5.74) is -0.100. The smallest absolute Gasteiger partial charge is 0.219 e. The van der Waals surface area contributed by atoms with Gasteiger partial charge in [-0.1, -0.05) is 20.8 Å². The molecule has 1 aliphatic heterocycles. The molecule has 1 aromatic rings.